The van der Waals surface area contributed by atoms with E-state index in [4.69, 9.17) is 9.97 Å². The highest BCUT2D eigenvalue weighted by Gasteiger charge is 2.21. The summed E-state index contributed by atoms with van der Waals surface area (Å²) in [5.74, 6) is 1.47. The summed E-state index contributed by atoms with van der Waals surface area (Å²) in [6.07, 6.45) is 2.71. The van der Waals surface area contributed by atoms with Gasteiger partial charge >= 0.3 is 0 Å². The summed E-state index contributed by atoms with van der Waals surface area (Å²) in [4.78, 5) is 24.4. The van der Waals surface area contributed by atoms with E-state index in [1.807, 2.05) is 42.5 Å². The van der Waals surface area contributed by atoms with Gasteiger partial charge in [0.25, 0.3) is 0 Å². The number of carbonyl (C=O) groups excluding carboxylic acids is 1. The Morgan fingerprint density at radius 2 is 1.63 bits per heavy atom. The van der Waals surface area contributed by atoms with Crippen LogP contribution in [-0.2, 0) is 4.79 Å². The van der Waals surface area contributed by atoms with Gasteiger partial charge in [0.2, 0.25) is 5.91 Å². The van der Waals surface area contributed by atoms with Gasteiger partial charge in [-0.1, -0.05) is 49.4 Å². The van der Waals surface area contributed by atoms with Gasteiger partial charge in [0.1, 0.15) is 0 Å². The van der Waals surface area contributed by atoms with Gasteiger partial charge in [0.05, 0.1) is 11.0 Å². The lowest BCUT2D eigenvalue weighted by molar-refractivity contribution is -0.116. The van der Waals surface area contributed by atoms with Crippen molar-refractivity contribution in [1.82, 2.24) is 9.97 Å². The Kier molecular flexibility index (Phi) is 5.01. The van der Waals surface area contributed by atoms with Crippen LogP contribution in [0, 0.1) is 0 Å². The summed E-state index contributed by atoms with van der Waals surface area (Å²) in [6, 6.07) is 17.9. The molecule has 0 aliphatic carbocycles. The van der Waals surface area contributed by atoms with Gasteiger partial charge in [-0.2, -0.15) is 0 Å². The van der Waals surface area contributed by atoms with E-state index in [-0.39, 0.29) is 11.8 Å². The molecule has 1 saturated heterocycles. The van der Waals surface area contributed by atoms with Crippen molar-refractivity contribution in [2.75, 3.05) is 23.3 Å². The summed E-state index contributed by atoms with van der Waals surface area (Å²) in [5.41, 5.74) is 2.82. The zero-order valence-corrected chi connectivity index (χ0v) is 15.6. The number of rotatable bonds is 5. The molecule has 3 aromatic rings. The Morgan fingerprint density at radius 1 is 1.00 bits per heavy atom. The second kappa shape index (κ2) is 7.74. The molecule has 1 N–H and O–H groups in total. The molecule has 4 rings (SSSR count). The van der Waals surface area contributed by atoms with E-state index < -0.39 is 0 Å². The smallest absolute Gasteiger partial charge is 0.226 e. The summed E-state index contributed by atoms with van der Waals surface area (Å²) in [6.45, 7) is 3.98. The van der Waals surface area contributed by atoms with Gasteiger partial charge in [-0.3, -0.25) is 4.79 Å². The molecule has 5 nitrogen and oxygen atoms in total. The van der Waals surface area contributed by atoms with Crippen LogP contribution in [0.4, 0.5) is 11.6 Å². The number of fused-ring (bicyclic) bond motifs is 1. The zero-order chi connectivity index (χ0) is 18.6. The van der Waals surface area contributed by atoms with Crippen LogP contribution in [-0.4, -0.2) is 29.0 Å². The number of hydrogen-bond donors (Lipinski definition) is 1. The lowest BCUT2D eigenvalue weighted by Crippen LogP contribution is -2.23. The maximum absolute atomic E-state index is 12.7. The highest BCUT2D eigenvalue weighted by Crippen LogP contribution is 2.28. The maximum atomic E-state index is 12.7. The Balaban J connectivity index is 1.58. The highest BCUT2D eigenvalue weighted by molar-refractivity contribution is 5.94. The number of nitrogens with one attached hydrogen (secondary N) is 1. The fourth-order valence-electron chi connectivity index (χ4n) is 3.58. The minimum atomic E-state index is -0.0311. The lowest BCUT2D eigenvalue weighted by Gasteiger charge is -2.20. The molecule has 0 unspecified atom stereocenters. The first kappa shape index (κ1) is 17.5. The number of amides is 1. The molecule has 138 valence electrons. The van der Waals surface area contributed by atoms with Gasteiger partial charge in [-0.25, -0.2) is 9.97 Å². The van der Waals surface area contributed by atoms with E-state index in [1.165, 1.54) is 0 Å². The third kappa shape index (κ3) is 3.92. The van der Waals surface area contributed by atoms with Crippen LogP contribution >= 0.6 is 0 Å². The first-order valence-corrected chi connectivity index (χ1v) is 9.57. The van der Waals surface area contributed by atoms with E-state index in [1.54, 1.807) is 0 Å². The zero-order valence-electron chi connectivity index (χ0n) is 15.6. The molecule has 27 heavy (non-hydrogen) atoms. The fraction of sp³-hybridized carbons (Fsp3) is 0.318. The summed E-state index contributed by atoms with van der Waals surface area (Å²) < 4.78 is 0. The van der Waals surface area contributed by atoms with Crippen molar-refractivity contribution in [3.8, 4) is 0 Å². The molecule has 2 aromatic carbocycles. The Labute approximate surface area is 159 Å². The molecular weight excluding hydrogens is 336 g/mol. The van der Waals surface area contributed by atoms with Gasteiger partial charge < -0.3 is 10.2 Å². The number of aromatic nitrogens is 2. The topological polar surface area (TPSA) is 58.1 Å². The first-order valence-electron chi connectivity index (χ1n) is 9.57. The van der Waals surface area contributed by atoms with Crippen LogP contribution in [0.25, 0.3) is 11.0 Å². The summed E-state index contributed by atoms with van der Waals surface area (Å²) in [7, 11) is 0. The third-order valence-corrected chi connectivity index (χ3v) is 5.08. The predicted octanol–water partition coefficient (Wildman–Crippen LogP) is 4.36. The number of para-hydroxylation sites is 2. The standard InChI is InChI=1S/C22H24N4O/c1-16(17-9-3-2-4-10-17)15-20(27)25-21-22(26-13-7-8-14-26)24-19-12-6-5-11-18(19)23-21/h2-6,9-12,16H,7-8,13-15H2,1H3,(H,23,25,27)/t16-/m1/s1. The Morgan fingerprint density at radius 3 is 2.33 bits per heavy atom. The fourth-order valence-corrected chi connectivity index (χ4v) is 3.58. The van der Waals surface area contributed by atoms with E-state index in [0.717, 1.165) is 48.3 Å². The number of carbonyl (C=O) groups is 1. The van der Waals surface area contributed by atoms with Crippen LogP contribution in [0.5, 0.6) is 0 Å². The minimum Gasteiger partial charge on any atom is -0.354 e. The van der Waals surface area contributed by atoms with Crippen molar-refractivity contribution < 1.29 is 4.79 Å². The SMILES string of the molecule is C[C@H](CC(=O)Nc1nc2ccccc2nc1N1CCCC1)c1ccccc1. The number of anilines is 2. The molecule has 1 fully saturated rings. The lowest BCUT2D eigenvalue weighted by atomic mass is 9.98. The molecule has 1 amide bonds. The highest BCUT2D eigenvalue weighted by atomic mass is 16.1. The van der Waals surface area contributed by atoms with Crippen LogP contribution in [0.15, 0.2) is 54.6 Å². The quantitative estimate of drug-likeness (QED) is 0.734. The molecule has 0 bridgehead atoms. The number of hydrogen-bond acceptors (Lipinski definition) is 4. The van der Waals surface area contributed by atoms with Crippen LogP contribution in [0.3, 0.4) is 0 Å². The van der Waals surface area contributed by atoms with Crippen LogP contribution in [0.1, 0.15) is 37.7 Å². The van der Waals surface area contributed by atoms with E-state index >= 15 is 0 Å². The van der Waals surface area contributed by atoms with Crippen molar-refractivity contribution in [2.45, 2.75) is 32.1 Å². The van der Waals surface area contributed by atoms with E-state index in [9.17, 15) is 4.79 Å². The molecule has 5 heteroatoms. The molecule has 0 spiro atoms. The largest absolute Gasteiger partial charge is 0.354 e. The van der Waals surface area contributed by atoms with Crippen LogP contribution in [0.2, 0.25) is 0 Å². The monoisotopic (exact) mass is 360 g/mol. The van der Waals surface area contributed by atoms with Gasteiger partial charge in [0, 0.05) is 19.5 Å². The molecule has 1 aliphatic heterocycles. The van der Waals surface area contributed by atoms with Gasteiger partial charge in [0.15, 0.2) is 11.6 Å². The molecular formula is C22H24N4O. The number of benzene rings is 2. The third-order valence-electron chi connectivity index (χ3n) is 5.08. The Bertz CT molecular complexity index is 935. The molecule has 1 atom stereocenters. The second-order valence-corrected chi connectivity index (χ2v) is 7.14. The average Bonchev–Trinajstić information content (AvgIpc) is 3.22. The van der Waals surface area contributed by atoms with Crippen molar-refractivity contribution in [1.29, 1.82) is 0 Å². The summed E-state index contributed by atoms with van der Waals surface area (Å²) in [5, 5.41) is 3.03. The molecule has 0 saturated carbocycles. The van der Waals surface area contributed by atoms with E-state index in [0.29, 0.717) is 12.2 Å². The van der Waals surface area contributed by atoms with Crippen molar-refractivity contribution in [2.24, 2.45) is 0 Å². The normalized spacial score (nSPS) is 15.1. The summed E-state index contributed by atoms with van der Waals surface area (Å²) >= 11 is 0. The molecule has 2 heterocycles. The minimum absolute atomic E-state index is 0.0311. The number of nitrogens with zero attached hydrogens (tertiary/aromatic N) is 3. The molecule has 1 aliphatic rings. The van der Waals surface area contributed by atoms with Gasteiger partial charge in [-0.05, 0) is 36.5 Å². The maximum Gasteiger partial charge on any atom is 0.226 e. The first-order chi connectivity index (χ1) is 13.2. The Hall–Kier alpha value is -2.95. The van der Waals surface area contributed by atoms with Crippen molar-refractivity contribution >= 4 is 28.6 Å². The second-order valence-electron chi connectivity index (χ2n) is 7.14. The van der Waals surface area contributed by atoms with Crippen LogP contribution < -0.4 is 10.2 Å². The molecule has 1 aromatic heterocycles. The average molecular weight is 360 g/mol. The van der Waals surface area contributed by atoms with E-state index in [2.05, 4.69) is 29.3 Å². The van der Waals surface area contributed by atoms with Crippen molar-refractivity contribution in [3.63, 3.8) is 0 Å². The molecule has 0 radical (unpaired) electrons. The van der Waals surface area contributed by atoms with Crippen molar-refractivity contribution in [3.05, 3.63) is 60.2 Å². The predicted molar refractivity (Wildman–Crippen MR) is 109 cm³/mol. The van der Waals surface area contributed by atoms with Gasteiger partial charge in [-0.15, -0.1) is 0 Å².